The highest BCUT2D eigenvalue weighted by molar-refractivity contribution is 5.49. The highest BCUT2D eigenvalue weighted by Crippen LogP contribution is 2.39. The molecule has 2 aromatic rings. The van der Waals surface area contributed by atoms with Gasteiger partial charge in [0.2, 0.25) is 6.29 Å². The lowest BCUT2D eigenvalue weighted by Crippen LogP contribution is -2.60. The molecule has 0 saturated carbocycles. The lowest BCUT2D eigenvalue weighted by atomic mass is 9.88. The van der Waals surface area contributed by atoms with Gasteiger partial charge in [-0.2, -0.15) is 0 Å². The summed E-state index contributed by atoms with van der Waals surface area (Å²) in [5.74, 6) is 1.31. The van der Waals surface area contributed by atoms with Gasteiger partial charge in [-0.25, -0.2) is 0 Å². The Labute approximate surface area is 180 Å². The van der Waals surface area contributed by atoms with Gasteiger partial charge in [0.05, 0.1) is 13.2 Å². The Bertz CT molecular complexity index is 943. The summed E-state index contributed by atoms with van der Waals surface area (Å²) in [4.78, 5) is 0. The first-order valence-corrected chi connectivity index (χ1v) is 10.3. The summed E-state index contributed by atoms with van der Waals surface area (Å²) < 4.78 is 17.0. The number of benzene rings is 2. The fraction of sp³-hybridized carbons (Fsp3) is 0.478. The zero-order chi connectivity index (χ0) is 22.3. The van der Waals surface area contributed by atoms with E-state index in [1.807, 2.05) is 32.0 Å². The zero-order valence-electron chi connectivity index (χ0n) is 17.4. The van der Waals surface area contributed by atoms with Gasteiger partial charge in [0.1, 0.15) is 41.7 Å². The molecule has 1 saturated heterocycles. The summed E-state index contributed by atoms with van der Waals surface area (Å²) in [7, 11) is 0. The van der Waals surface area contributed by atoms with Crippen LogP contribution in [0.3, 0.4) is 0 Å². The molecule has 0 radical (unpaired) electrons. The molecule has 0 unspecified atom stereocenters. The van der Waals surface area contributed by atoms with Crippen LogP contribution in [0, 0.1) is 13.8 Å². The quantitative estimate of drug-likeness (QED) is 0.482. The van der Waals surface area contributed by atoms with E-state index < -0.39 is 37.3 Å². The van der Waals surface area contributed by atoms with Crippen molar-refractivity contribution in [2.45, 2.75) is 56.9 Å². The van der Waals surface area contributed by atoms with E-state index in [0.29, 0.717) is 30.3 Å². The van der Waals surface area contributed by atoms with E-state index in [1.54, 1.807) is 12.1 Å². The number of hydrogen-bond donors (Lipinski definition) is 5. The van der Waals surface area contributed by atoms with Crippen molar-refractivity contribution in [3.63, 3.8) is 0 Å². The summed E-state index contributed by atoms with van der Waals surface area (Å²) >= 11 is 0. The molecular formula is C23H28O8. The predicted octanol–water partition coefficient (Wildman–Crippen LogP) is 0.906. The molecular weight excluding hydrogens is 404 g/mol. The third kappa shape index (κ3) is 4.09. The van der Waals surface area contributed by atoms with Crippen LogP contribution in [0.15, 0.2) is 30.3 Å². The SMILES string of the molecule is Cc1ccc([C@@H]2COc3cc(O[C@@H]4O[C@H](CO)[C@@H](O)[C@H](O)[C@H]4O)ccc3C2)c(O)c1C. The third-order valence-electron chi connectivity index (χ3n) is 6.22. The molecule has 2 aliphatic rings. The van der Waals surface area contributed by atoms with Crippen LogP contribution in [0.2, 0.25) is 0 Å². The van der Waals surface area contributed by atoms with Crippen LogP contribution in [0.4, 0.5) is 0 Å². The summed E-state index contributed by atoms with van der Waals surface area (Å²) in [6.45, 7) is 3.73. The van der Waals surface area contributed by atoms with Gasteiger partial charge in [-0.1, -0.05) is 18.2 Å². The standard InChI is InChI=1S/C23H28O8/c1-11-3-6-16(19(25)12(11)2)14-7-13-4-5-15(8-17(13)29-10-14)30-23-22(28)21(27)20(26)18(9-24)31-23/h3-6,8,14,18,20-28H,7,9-10H2,1-2H3/t14-,18+,20+,21-,22+,23+/m0/s1. The van der Waals surface area contributed by atoms with E-state index in [1.165, 1.54) is 0 Å². The second-order valence-corrected chi connectivity index (χ2v) is 8.24. The third-order valence-corrected chi connectivity index (χ3v) is 6.22. The maximum Gasteiger partial charge on any atom is 0.229 e. The van der Waals surface area contributed by atoms with Crippen molar-refractivity contribution in [1.82, 2.24) is 0 Å². The molecule has 1 fully saturated rings. The number of aryl methyl sites for hydroxylation is 1. The largest absolute Gasteiger partial charge is 0.507 e. The Morgan fingerprint density at radius 3 is 2.55 bits per heavy atom. The molecule has 2 heterocycles. The number of fused-ring (bicyclic) bond motifs is 1. The molecule has 0 aromatic heterocycles. The second-order valence-electron chi connectivity index (χ2n) is 8.24. The molecule has 4 rings (SSSR count). The van der Waals surface area contributed by atoms with Gasteiger partial charge in [0.25, 0.3) is 0 Å². The van der Waals surface area contributed by atoms with Crippen LogP contribution in [0.1, 0.15) is 28.2 Å². The van der Waals surface area contributed by atoms with Crippen molar-refractivity contribution in [2.75, 3.05) is 13.2 Å². The summed E-state index contributed by atoms with van der Waals surface area (Å²) in [6, 6.07) is 9.16. The first-order chi connectivity index (χ1) is 14.8. The van der Waals surface area contributed by atoms with Crippen molar-refractivity contribution in [3.8, 4) is 17.2 Å². The number of rotatable bonds is 4. The van der Waals surface area contributed by atoms with Crippen molar-refractivity contribution in [1.29, 1.82) is 0 Å². The molecule has 8 nitrogen and oxygen atoms in total. The summed E-state index contributed by atoms with van der Waals surface area (Å²) in [6.07, 6.45) is -6.03. The number of phenols is 1. The Balaban J connectivity index is 1.49. The highest BCUT2D eigenvalue weighted by atomic mass is 16.7. The van der Waals surface area contributed by atoms with Gasteiger partial charge >= 0.3 is 0 Å². The molecule has 0 amide bonds. The zero-order valence-corrected chi connectivity index (χ0v) is 17.4. The number of aliphatic hydroxyl groups is 4. The number of phenolic OH excluding ortho intramolecular Hbond substituents is 1. The van der Waals surface area contributed by atoms with Crippen molar-refractivity contribution < 1.29 is 39.7 Å². The molecule has 31 heavy (non-hydrogen) atoms. The van der Waals surface area contributed by atoms with Gasteiger partial charge in [0, 0.05) is 17.5 Å². The van der Waals surface area contributed by atoms with Crippen LogP contribution >= 0.6 is 0 Å². The first kappa shape index (κ1) is 21.9. The van der Waals surface area contributed by atoms with Crippen molar-refractivity contribution >= 4 is 0 Å². The van der Waals surface area contributed by atoms with Gasteiger partial charge in [-0.05, 0) is 43.0 Å². The van der Waals surface area contributed by atoms with Gasteiger partial charge < -0.3 is 39.7 Å². The molecule has 6 atom stereocenters. The average molecular weight is 432 g/mol. The Kier molecular flexibility index (Phi) is 6.09. The predicted molar refractivity (Wildman–Crippen MR) is 110 cm³/mol. The van der Waals surface area contributed by atoms with E-state index in [0.717, 1.165) is 22.3 Å². The normalized spacial score (nSPS) is 30.4. The summed E-state index contributed by atoms with van der Waals surface area (Å²) in [5.41, 5.74) is 3.71. The lowest BCUT2D eigenvalue weighted by Gasteiger charge is -2.39. The average Bonchev–Trinajstić information content (AvgIpc) is 2.77. The number of aromatic hydroxyl groups is 1. The molecule has 0 bridgehead atoms. The Hall–Kier alpha value is -2.36. The van der Waals surface area contributed by atoms with E-state index in [4.69, 9.17) is 14.2 Å². The van der Waals surface area contributed by atoms with Crippen molar-refractivity contribution in [3.05, 3.63) is 52.6 Å². The molecule has 0 aliphatic carbocycles. The van der Waals surface area contributed by atoms with Crippen molar-refractivity contribution in [2.24, 2.45) is 0 Å². The minimum Gasteiger partial charge on any atom is -0.507 e. The van der Waals surface area contributed by atoms with Crippen LogP contribution < -0.4 is 9.47 Å². The maximum atomic E-state index is 10.5. The molecule has 8 heteroatoms. The fourth-order valence-electron chi connectivity index (χ4n) is 4.08. The Morgan fingerprint density at radius 2 is 1.81 bits per heavy atom. The van der Waals surface area contributed by atoms with Crippen LogP contribution in [0.5, 0.6) is 17.2 Å². The number of hydrogen-bond acceptors (Lipinski definition) is 8. The minimum absolute atomic E-state index is 0.0176. The van der Waals surface area contributed by atoms with E-state index >= 15 is 0 Å². The molecule has 5 N–H and O–H groups in total. The topological polar surface area (TPSA) is 129 Å². The lowest BCUT2D eigenvalue weighted by molar-refractivity contribution is -0.277. The smallest absolute Gasteiger partial charge is 0.229 e. The first-order valence-electron chi connectivity index (χ1n) is 10.3. The maximum absolute atomic E-state index is 10.5. The van der Waals surface area contributed by atoms with E-state index in [2.05, 4.69) is 0 Å². The number of aliphatic hydroxyl groups excluding tert-OH is 4. The fourth-order valence-corrected chi connectivity index (χ4v) is 4.08. The number of ether oxygens (including phenoxy) is 3. The molecule has 2 aliphatic heterocycles. The minimum atomic E-state index is -1.50. The molecule has 0 spiro atoms. The monoisotopic (exact) mass is 432 g/mol. The van der Waals surface area contributed by atoms with Crippen LogP contribution in [-0.2, 0) is 11.2 Å². The van der Waals surface area contributed by atoms with Gasteiger partial charge in [-0.3, -0.25) is 0 Å². The van der Waals surface area contributed by atoms with Crippen LogP contribution in [0.25, 0.3) is 0 Å². The van der Waals surface area contributed by atoms with E-state index in [9.17, 15) is 25.5 Å². The molecule has 168 valence electrons. The summed E-state index contributed by atoms with van der Waals surface area (Å²) in [5, 5.41) is 49.8. The second kappa shape index (κ2) is 8.64. The van der Waals surface area contributed by atoms with Gasteiger partial charge in [-0.15, -0.1) is 0 Å². The van der Waals surface area contributed by atoms with Gasteiger partial charge in [0.15, 0.2) is 0 Å². The highest BCUT2D eigenvalue weighted by Gasteiger charge is 2.44. The van der Waals surface area contributed by atoms with Crippen LogP contribution in [-0.4, -0.2) is 69.5 Å². The Morgan fingerprint density at radius 1 is 1.03 bits per heavy atom. The van der Waals surface area contributed by atoms with E-state index in [-0.39, 0.29) is 5.92 Å². The molecule has 2 aromatic carbocycles.